The molecule has 0 saturated heterocycles. The third kappa shape index (κ3) is 6.35. The van der Waals surface area contributed by atoms with Crippen molar-refractivity contribution in [2.45, 2.75) is 25.8 Å². The molecule has 2 amide bonds. The summed E-state index contributed by atoms with van der Waals surface area (Å²) in [6, 6.07) is 7.30. The molecule has 1 rings (SSSR count). The van der Waals surface area contributed by atoms with E-state index in [1.54, 1.807) is 12.1 Å². The van der Waals surface area contributed by atoms with Gasteiger partial charge in [-0.15, -0.1) is 0 Å². The maximum atomic E-state index is 11.7. The van der Waals surface area contributed by atoms with Gasteiger partial charge in [-0.1, -0.05) is 15.9 Å². The van der Waals surface area contributed by atoms with Crippen LogP contribution in [0.3, 0.4) is 0 Å². The van der Waals surface area contributed by atoms with Crippen molar-refractivity contribution in [1.29, 1.82) is 0 Å². The third-order valence-electron chi connectivity index (χ3n) is 2.47. The van der Waals surface area contributed by atoms with E-state index in [1.807, 2.05) is 26.0 Å². The molecular weight excluding hydrogens is 310 g/mol. The Morgan fingerprint density at radius 3 is 2.37 bits per heavy atom. The van der Waals surface area contributed by atoms with Crippen LogP contribution in [-0.4, -0.2) is 23.9 Å². The smallest absolute Gasteiger partial charge is 0.238 e. The summed E-state index contributed by atoms with van der Waals surface area (Å²) in [5.41, 5.74) is 5.37. The van der Waals surface area contributed by atoms with Crippen molar-refractivity contribution in [3.63, 3.8) is 0 Å². The lowest BCUT2D eigenvalue weighted by atomic mass is 10.0. The van der Waals surface area contributed by atoms with Gasteiger partial charge in [-0.25, -0.2) is 0 Å². The number of benzene rings is 1. The summed E-state index contributed by atoms with van der Waals surface area (Å²) in [6.45, 7) is 3.77. The van der Waals surface area contributed by atoms with Crippen LogP contribution < -0.4 is 16.4 Å². The van der Waals surface area contributed by atoms with E-state index < -0.39 is 11.4 Å². The molecule has 19 heavy (non-hydrogen) atoms. The van der Waals surface area contributed by atoms with E-state index in [0.29, 0.717) is 0 Å². The minimum absolute atomic E-state index is 0.121. The predicted octanol–water partition coefficient (Wildman–Crippen LogP) is 1.63. The van der Waals surface area contributed by atoms with Gasteiger partial charge in [-0.3, -0.25) is 9.59 Å². The number of nitrogens with one attached hydrogen (secondary N) is 2. The molecule has 0 heterocycles. The average molecular weight is 328 g/mol. The molecule has 0 radical (unpaired) electrons. The van der Waals surface area contributed by atoms with Crippen molar-refractivity contribution in [1.82, 2.24) is 5.32 Å². The first-order valence-corrected chi connectivity index (χ1v) is 6.66. The number of hydrogen-bond acceptors (Lipinski definition) is 3. The van der Waals surface area contributed by atoms with Crippen LogP contribution in [0, 0.1) is 0 Å². The van der Waals surface area contributed by atoms with E-state index in [9.17, 15) is 9.59 Å². The van der Waals surface area contributed by atoms with E-state index >= 15 is 0 Å². The number of hydrogen-bond donors (Lipinski definition) is 3. The number of amides is 2. The standard InChI is InChI=1S/C13H18BrN3O2/c1-13(2,7-11(15)18)16-8-12(19)17-10-5-3-9(14)4-6-10/h3-6,16H,7-8H2,1-2H3,(H2,15,18)(H,17,19). The largest absolute Gasteiger partial charge is 0.370 e. The second-order valence-electron chi connectivity index (χ2n) is 4.94. The molecule has 104 valence electrons. The molecule has 4 N–H and O–H groups in total. The fourth-order valence-electron chi connectivity index (χ4n) is 1.56. The number of rotatable bonds is 6. The Morgan fingerprint density at radius 1 is 1.26 bits per heavy atom. The quantitative estimate of drug-likeness (QED) is 0.742. The SMILES string of the molecule is CC(C)(CC(N)=O)NCC(=O)Nc1ccc(Br)cc1. The first-order valence-electron chi connectivity index (χ1n) is 5.87. The van der Waals surface area contributed by atoms with Gasteiger partial charge in [0, 0.05) is 22.1 Å². The monoisotopic (exact) mass is 327 g/mol. The van der Waals surface area contributed by atoms with Gasteiger partial charge in [-0.2, -0.15) is 0 Å². The molecule has 0 aliphatic heterocycles. The van der Waals surface area contributed by atoms with Crippen LogP contribution in [0.4, 0.5) is 5.69 Å². The van der Waals surface area contributed by atoms with Gasteiger partial charge in [0.1, 0.15) is 0 Å². The van der Waals surface area contributed by atoms with Gasteiger partial charge in [0.25, 0.3) is 0 Å². The molecule has 0 atom stereocenters. The second kappa shape index (κ2) is 6.68. The summed E-state index contributed by atoms with van der Waals surface area (Å²) < 4.78 is 0.950. The van der Waals surface area contributed by atoms with Crippen molar-refractivity contribution in [2.75, 3.05) is 11.9 Å². The number of nitrogens with two attached hydrogens (primary N) is 1. The van der Waals surface area contributed by atoms with Crippen LogP contribution in [0.2, 0.25) is 0 Å². The molecule has 0 fully saturated rings. The Bertz CT molecular complexity index is 457. The van der Waals surface area contributed by atoms with Crippen molar-refractivity contribution in [3.05, 3.63) is 28.7 Å². The zero-order valence-electron chi connectivity index (χ0n) is 11.0. The maximum absolute atomic E-state index is 11.7. The van der Waals surface area contributed by atoms with Crippen LogP contribution >= 0.6 is 15.9 Å². The number of anilines is 1. The lowest BCUT2D eigenvalue weighted by molar-refractivity contribution is -0.120. The highest BCUT2D eigenvalue weighted by molar-refractivity contribution is 9.10. The average Bonchev–Trinajstić information content (AvgIpc) is 2.28. The van der Waals surface area contributed by atoms with E-state index in [4.69, 9.17) is 5.73 Å². The topological polar surface area (TPSA) is 84.2 Å². The molecule has 0 spiro atoms. The zero-order valence-corrected chi connectivity index (χ0v) is 12.6. The van der Waals surface area contributed by atoms with Crippen molar-refractivity contribution < 1.29 is 9.59 Å². The Hall–Kier alpha value is -1.40. The molecule has 5 nitrogen and oxygen atoms in total. The van der Waals surface area contributed by atoms with Gasteiger partial charge in [0.15, 0.2) is 0 Å². The van der Waals surface area contributed by atoms with Gasteiger partial charge < -0.3 is 16.4 Å². The van der Waals surface area contributed by atoms with Crippen molar-refractivity contribution >= 4 is 33.4 Å². The highest BCUT2D eigenvalue weighted by Crippen LogP contribution is 2.14. The third-order valence-corrected chi connectivity index (χ3v) is 3.00. The lowest BCUT2D eigenvalue weighted by Gasteiger charge is -2.24. The zero-order chi connectivity index (χ0) is 14.5. The fourth-order valence-corrected chi connectivity index (χ4v) is 1.82. The Labute approximate surface area is 121 Å². The molecule has 0 unspecified atom stereocenters. The Morgan fingerprint density at radius 2 is 1.84 bits per heavy atom. The van der Waals surface area contributed by atoms with Crippen LogP contribution in [0.1, 0.15) is 20.3 Å². The van der Waals surface area contributed by atoms with E-state index in [1.165, 1.54) is 0 Å². The molecule has 0 aromatic heterocycles. The fraction of sp³-hybridized carbons (Fsp3) is 0.385. The molecule has 0 aliphatic carbocycles. The van der Waals surface area contributed by atoms with Gasteiger partial charge in [-0.05, 0) is 38.1 Å². The first kappa shape index (κ1) is 15.7. The second-order valence-corrected chi connectivity index (χ2v) is 5.85. The Kier molecular flexibility index (Phi) is 5.50. The molecule has 0 saturated carbocycles. The van der Waals surface area contributed by atoms with E-state index in [0.717, 1.165) is 10.2 Å². The summed E-state index contributed by atoms with van der Waals surface area (Å²) in [5.74, 6) is -0.564. The predicted molar refractivity (Wildman–Crippen MR) is 78.7 cm³/mol. The number of carbonyl (C=O) groups is 2. The van der Waals surface area contributed by atoms with Gasteiger partial charge >= 0.3 is 0 Å². The highest BCUT2D eigenvalue weighted by Gasteiger charge is 2.20. The number of carbonyl (C=O) groups excluding carboxylic acids is 2. The molecule has 6 heteroatoms. The normalized spacial score (nSPS) is 11.1. The molecule has 0 aliphatic rings. The minimum atomic E-state index is -0.497. The highest BCUT2D eigenvalue weighted by atomic mass is 79.9. The first-order chi connectivity index (χ1) is 8.78. The van der Waals surface area contributed by atoms with Crippen LogP contribution in [0.15, 0.2) is 28.7 Å². The van der Waals surface area contributed by atoms with Crippen LogP contribution in [-0.2, 0) is 9.59 Å². The number of primary amides is 1. The van der Waals surface area contributed by atoms with Crippen molar-refractivity contribution in [3.8, 4) is 0 Å². The number of halogens is 1. The van der Waals surface area contributed by atoms with Crippen LogP contribution in [0.5, 0.6) is 0 Å². The summed E-state index contributed by atoms with van der Waals surface area (Å²) in [4.78, 5) is 22.6. The lowest BCUT2D eigenvalue weighted by Crippen LogP contribution is -2.46. The maximum Gasteiger partial charge on any atom is 0.238 e. The van der Waals surface area contributed by atoms with Gasteiger partial charge in [0.2, 0.25) is 11.8 Å². The summed E-state index contributed by atoms with van der Waals surface area (Å²) in [7, 11) is 0. The summed E-state index contributed by atoms with van der Waals surface area (Å²) >= 11 is 3.32. The molecular formula is C13H18BrN3O2. The van der Waals surface area contributed by atoms with E-state index in [2.05, 4.69) is 26.6 Å². The van der Waals surface area contributed by atoms with Crippen molar-refractivity contribution in [2.24, 2.45) is 5.73 Å². The minimum Gasteiger partial charge on any atom is -0.370 e. The molecule has 1 aromatic carbocycles. The Balaban J connectivity index is 2.43. The summed E-state index contributed by atoms with van der Waals surface area (Å²) in [5, 5.41) is 5.76. The summed E-state index contributed by atoms with van der Waals surface area (Å²) in [6.07, 6.45) is 0.179. The van der Waals surface area contributed by atoms with E-state index in [-0.39, 0.29) is 18.9 Å². The molecule has 1 aromatic rings. The molecule has 0 bridgehead atoms. The van der Waals surface area contributed by atoms with Gasteiger partial charge in [0.05, 0.1) is 6.54 Å². The van der Waals surface area contributed by atoms with Crippen LogP contribution in [0.25, 0.3) is 0 Å².